The van der Waals surface area contributed by atoms with Crippen molar-refractivity contribution in [2.24, 2.45) is 0 Å². The average molecular weight is 286 g/mol. The topological polar surface area (TPSA) is 47.0 Å². The van der Waals surface area contributed by atoms with Gasteiger partial charge in [0.1, 0.15) is 16.8 Å². The number of halogens is 1. The minimum Gasteiger partial charge on any atom is -0.383 e. The number of anilines is 1. The highest BCUT2D eigenvalue weighted by Gasteiger charge is 2.13. The van der Waals surface area contributed by atoms with Crippen LogP contribution in [0.3, 0.4) is 0 Å². The Hall–Kier alpha value is -0.870. The Morgan fingerprint density at radius 2 is 2.00 bits per heavy atom. The van der Waals surface area contributed by atoms with E-state index in [1.807, 2.05) is 6.92 Å². The number of hydrogen-bond donors (Lipinski definition) is 1. The number of hydrogen-bond acceptors (Lipinski definition) is 4. The molecule has 0 radical (unpaired) electrons. The van der Waals surface area contributed by atoms with Gasteiger partial charge in [0.25, 0.3) is 0 Å². The maximum Gasteiger partial charge on any atom is 0.137 e. The van der Waals surface area contributed by atoms with Crippen LogP contribution in [0.5, 0.6) is 0 Å². The highest BCUT2D eigenvalue weighted by Crippen LogP contribution is 2.21. The molecular weight excluding hydrogens is 262 g/mol. The monoisotopic (exact) mass is 285 g/mol. The zero-order valence-corrected chi connectivity index (χ0v) is 13.0. The first-order chi connectivity index (χ1) is 9.12. The van der Waals surface area contributed by atoms with E-state index in [0.717, 1.165) is 42.9 Å². The van der Waals surface area contributed by atoms with Gasteiger partial charge in [-0.15, -0.1) is 0 Å². The van der Waals surface area contributed by atoms with Gasteiger partial charge in [-0.1, -0.05) is 31.9 Å². The second-order valence-electron chi connectivity index (χ2n) is 4.74. The highest BCUT2D eigenvalue weighted by molar-refractivity contribution is 6.30. The van der Waals surface area contributed by atoms with E-state index in [4.69, 9.17) is 16.3 Å². The quantitative estimate of drug-likeness (QED) is 0.741. The number of nitrogens with zero attached hydrogens (tertiary/aromatic N) is 2. The van der Waals surface area contributed by atoms with E-state index in [0.29, 0.717) is 11.8 Å². The number of ether oxygens (including phenoxy) is 1. The van der Waals surface area contributed by atoms with Gasteiger partial charge in [0.05, 0.1) is 12.6 Å². The summed E-state index contributed by atoms with van der Waals surface area (Å²) in [7, 11) is 1.71. The normalized spacial score (nSPS) is 12.5. The van der Waals surface area contributed by atoms with E-state index in [-0.39, 0.29) is 6.04 Å². The number of aromatic nitrogens is 2. The van der Waals surface area contributed by atoms with Crippen molar-refractivity contribution in [1.82, 2.24) is 9.97 Å². The molecule has 1 rings (SSSR count). The lowest BCUT2D eigenvalue weighted by Crippen LogP contribution is -2.26. The standard InChI is InChI=1S/C14H24ClN3O/c1-5-7-11(9-19-4)16-14-10(3)13(15)17-12(18-14)8-6-2/h11H,5-9H2,1-4H3,(H,16,17,18). The summed E-state index contributed by atoms with van der Waals surface area (Å²) in [6.45, 7) is 6.87. The van der Waals surface area contributed by atoms with Crippen molar-refractivity contribution in [2.75, 3.05) is 19.0 Å². The third kappa shape index (κ3) is 4.96. The van der Waals surface area contributed by atoms with Crippen LogP contribution in [0.1, 0.15) is 44.5 Å². The van der Waals surface area contributed by atoms with Crippen LogP contribution >= 0.6 is 11.6 Å². The molecule has 1 heterocycles. The summed E-state index contributed by atoms with van der Waals surface area (Å²) in [4.78, 5) is 8.87. The molecule has 0 aliphatic heterocycles. The summed E-state index contributed by atoms with van der Waals surface area (Å²) >= 11 is 6.17. The largest absolute Gasteiger partial charge is 0.383 e. The third-order valence-electron chi connectivity index (χ3n) is 2.95. The molecule has 0 aliphatic carbocycles. The minimum absolute atomic E-state index is 0.258. The van der Waals surface area contributed by atoms with Crippen molar-refractivity contribution in [2.45, 2.75) is 52.5 Å². The zero-order valence-electron chi connectivity index (χ0n) is 12.3. The first kappa shape index (κ1) is 16.2. The first-order valence-corrected chi connectivity index (χ1v) is 7.28. The predicted molar refractivity (Wildman–Crippen MR) is 80.0 cm³/mol. The van der Waals surface area contributed by atoms with Crippen molar-refractivity contribution in [1.29, 1.82) is 0 Å². The fraction of sp³-hybridized carbons (Fsp3) is 0.714. The molecule has 108 valence electrons. The molecule has 4 nitrogen and oxygen atoms in total. The Bertz CT molecular complexity index is 393. The lowest BCUT2D eigenvalue weighted by molar-refractivity contribution is 0.182. The fourth-order valence-corrected chi connectivity index (χ4v) is 2.14. The van der Waals surface area contributed by atoms with Crippen LogP contribution in [-0.2, 0) is 11.2 Å². The number of rotatable bonds is 8. The van der Waals surface area contributed by atoms with Crippen LogP contribution in [0.25, 0.3) is 0 Å². The van der Waals surface area contributed by atoms with Gasteiger partial charge < -0.3 is 10.1 Å². The van der Waals surface area contributed by atoms with E-state index in [2.05, 4.69) is 29.1 Å². The lowest BCUT2D eigenvalue weighted by Gasteiger charge is -2.19. The Labute approximate surface area is 120 Å². The fourth-order valence-electron chi connectivity index (χ4n) is 1.95. The van der Waals surface area contributed by atoms with Gasteiger partial charge in [-0.3, -0.25) is 0 Å². The molecule has 0 amide bonds. The molecule has 1 N–H and O–H groups in total. The summed E-state index contributed by atoms with van der Waals surface area (Å²) in [6.07, 6.45) is 3.99. The van der Waals surface area contributed by atoms with Gasteiger partial charge in [0.2, 0.25) is 0 Å². The molecule has 0 saturated carbocycles. The number of nitrogens with one attached hydrogen (secondary N) is 1. The summed E-state index contributed by atoms with van der Waals surface area (Å²) < 4.78 is 5.24. The Morgan fingerprint density at radius 1 is 1.26 bits per heavy atom. The molecule has 0 aliphatic rings. The molecule has 19 heavy (non-hydrogen) atoms. The van der Waals surface area contributed by atoms with Crippen LogP contribution in [0, 0.1) is 6.92 Å². The van der Waals surface area contributed by atoms with Gasteiger partial charge in [-0.05, 0) is 19.8 Å². The summed E-state index contributed by atoms with van der Waals surface area (Å²) in [5.74, 6) is 1.63. The van der Waals surface area contributed by atoms with Gasteiger partial charge in [-0.25, -0.2) is 9.97 Å². The molecule has 0 spiro atoms. The van der Waals surface area contributed by atoms with E-state index < -0.39 is 0 Å². The highest BCUT2D eigenvalue weighted by atomic mass is 35.5. The number of aryl methyl sites for hydroxylation is 1. The van der Waals surface area contributed by atoms with Crippen LogP contribution in [-0.4, -0.2) is 29.7 Å². The Morgan fingerprint density at radius 3 is 2.58 bits per heavy atom. The molecule has 1 atom stereocenters. The van der Waals surface area contributed by atoms with Gasteiger partial charge in [-0.2, -0.15) is 0 Å². The molecule has 5 heteroatoms. The van der Waals surface area contributed by atoms with Gasteiger partial charge in [0.15, 0.2) is 0 Å². The van der Waals surface area contributed by atoms with Crippen molar-refractivity contribution >= 4 is 17.4 Å². The maximum absolute atomic E-state index is 6.17. The summed E-state index contributed by atoms with van der Waals surface area (Å²) in [5.41, 5.74) is 0.902. The lowest BCUT2D eigenvalue weighted by atomic mass is 10.1. The molecule has 0 saturated heterocycles. The maximum atomic E-state index is 6.17. The van der Waals surface area contributed by atoms with Crippen LogP contribution < -0.4 is 5.32 Å². The van der Waals surface area contributed by atoms with Gasteiger partial charge >= 0.3 is 0 Å². The minimum atomic E-state index is 0.258. The summed E-state index contributed by atoms with van der Waals surface area (Å²) in [6, 6.07) is 0.258. The van der Waals surface area contributed by atoms with Crippen molar-refractivity contribution in [3.63, 3.8) is 0 Å². The average Bonchev–Trinajstić information content (AvgIpc) is 2.36. The summed E-state index contributed by atoms with van der Waals surface area (Å²) in [5, 5.41) is 3.96. The Kier molecular flexibility index (Phi) is 7.10. The third-order valence-corrected chi connectivity index (χ3v) is 3.32. The van der Waals surface area contributed by atoms with Crippen molar-refractivity contribution in [3.8, 4) is 0 Å². The van der Waals surface area contributed by atoms with E-state index >= 15 is 0 Å². The van der Waals surface area contributed by atoms with Crippen LogP contribution in [0.4, 0.5) is 5.82 Å². The van der Waals surface area contributed by atoms with E-state index in [1.165, 1.54) is 0 Å². The number of methoxy groups -OCH3 is 1. The van der Waals surface area contributed by atoms with Gasteiger partial charge in [0, 0.05) is 19.1 Å². The Balaban J connectivity index is 2.90. The van der Waals surface area contributed by atoms with E-state index in [1.54, 1.807) is 7.11 Å². The van der Waals surface area contributed by atoms with Crippen LogP contribution in [0.2, 0.25) is 5.15 Å². The molecule has 0 fully saturated rings. The molecule has 0 bridgehead atoms. The van der Waals surface area contributed by atoms with E-state index in [9.17, 15) is 0 Å². The molecule has 1 unspecified atom stereocenters. The predicted octanol–water partition coefficient (Wildman–Crippen LogP) is 3.62. The smallest absolute Gasteiger partial charge is 0.137 e. The van der Waals surface area contributed by atoms with Crippen molar-refractivity contribution in [3.05, 3.63) is 16.5 Å². The zero-order chi connectivity index (χ0) is 14.3. The molecule has 0 aromatic carbocycles. The second-order valence-corrected chi connectivity index (χ2v) is 5.10. The second kappa shape index (κ2) is 8.33. The van der Waals surface area contributed by atoms with Crippen molar-refractivity contribution < 1.29 is 4.74 Å². The SMILES string of the molecule is CCCc1nc(Cl)c(C)c(NC(CCC)COC)n1. The van der Waals surface area contributed by atoms with Crippen LogP contribution in [0.15, 0.2) is 0 Å². The molecular formula is C14H24ClN3O. The first-order valence-electron chi connectivity index (χ1n) is 6.90. The molecule has 1 aromatic heterocycles. The molecule has 1 aromatic rings.